The highest BCUT2D eigenvalue weighted by molar-refractivity contribution is 7.09. The minimum absolute atomic E-state index is 0.0128. The van der Waals surface area contributed by atoms with Crippen LogP contribution < -0.4 is 0 Å². The average molecular weight is 169 g/mol. The maximum absolute atomic E-state index is 5.40. The second-order valence-electron chi connectivity index (χ2n) is 2.99. The van der Waals surface area contributed by atoms with Crippen LogP contribution in [-0.4, -0.2) is 12.1 Å². The van der Waals surface area contributed by atoms with Crippen molar-refractivity contribution in [3.63, 3.8) is 0 Å². The molecule has 0 N–H and O–H groups in total. The second kappa shape index (κ2) is 2.29. The van der Waals surface area contributed by atoms with E-state index in [1.54, 1.807) is 18.4 Å². The van der Waals surface area contributed by atoms with Crippen LogP contribution in [0.15, 0.2) is 5.38 Å². The molecule has 60 valence electrons. The molecule has 1 saturated carbocycles. The maximum atomic E-state index is 5.40. The lowest BCUT2D eigenvalue weighted by Crippen LogP contribution is -2.07. The summed E-state index contributed by atoms with van der Waals surface area (Å²) >= 11 is 1.71. The Morgan fingerprint density at radius 2 is 2.36 bits per heavy atom. The molecule has 0 aliphatic heterocycles. The first kappa shape index (κ1) is 7.25. The number of rotatable bonds is 2. The molecule has 1 aliphatic rings. The van der Waals surface area contributed by atoms with Gasteiger partial charge < -0.3 is 4.74 Å². The summed E-state index contributed by atoms with van der Waals surface area (Å²) < 4.78 is 5.40. The molecule has 2 rings (SSSR count). The van der Waals surface area contributed by atoms with Gasteiger partial charge in [0.1, 0.15) is 10.6 Å². The molecule has 0 bridgehead atoms. The van der Waals surface area contributed by atoms with Crippen LogP contribution in [0.4, 0.5) is 0 Å². The SMILES string of the molecule is COC1(c2nc(C)cs2)CC1. The molecule has 0 unspecified atom stereocenters. The van der Waals surface area contributed by atoms with Crippen LogP contribution in [0.3, 0.4) is 0 Å². The van der Waals surface area contributed by atoms with Crippen molar-refractivity contribution in [1.29, 1.82) is 0 Å². The van der Waals surface area contributed by atoms with E-state index >= 15 is 0 Å². The summed E-state index contributed by atoms with van der Waals surface area (Å²) in [7, 11) is 1.77. The molecule has 1 fully saturated rings. The lowest BCUT2D eigenvalue weighted by atomic mass is 10.3. The standard InChI is InChI=1S/C8H11NOS/c1-6-5-11-7(9-6)8(10-2)3-4-8/h5H,3-4H2,1-2H3. The largest absolute Gasteiger partial charge is 0.371 e. The average Bonchev–Trinajstić information content (AvgIpc) is 2.70. The molecular weight excluding hydrogens is 158 g/mol. The summed E-state index contributed by atoms with van der Waals surface area (Å²) in [6, 6.07) is 0. The van der Waals surface area contributed by atoms with E-state index in [0.717, 1.165) is 23.5 Å². The first-order valence-electron chi connectivity index (χ1n) is 3.75. The fourth-order valence-corrected chi connectivity index (χ4v) is 2.22. The molecular formula is C8H11NOS. The number of ether oxygens (including phenoxy) is 1. The van der Waals surface area contributed by atoms with E-state index in [9.17, 15) is 0 Å². The van der Waals surface area contributed by atoms with Gasteiger partial charge in [0.15, 0.2) is 0 Å². The van der Waals surface area contributed by atoms with Gasteiger partial charge in [-0.15, -0.1) is 11.3 Å². The number of thiazole rings is 1. The number of nitrogens with zero attached hydrogens (tertiary/aromatic N) is 1. The van der Waals surface area contributed by atoms with E-state index in [1.807, 2.05) is 6.92 Å². The third kappa shape index (κ3) is 1.08. The Morgan fingerprint density at radius 3 is 2.73 bits per heavy atom. The molecule has 2 nitrogen and oxygen atoms in total. The van der Waals surface area contributed by atoms with Crippen molar-refractivity contribution in [2.45, 2.75) is 25.4 Å². The van der Waals surface area contributed by atoms with Crippen LogP contribution in [0.5, 0.6) is 0 Å². The van der Waals surface area contributed by atoms with E-state index in [1.165, 1.54) is 0 Å². The zero-order chi connectivity index (χ0) is 7.90. The molecule has 11 heavy (non-hydrogen) atoms. The molecule has 1 heterocycles. The highest BCUT2D eigenvalue weighted by Crippen LogP contribution is 2.49. The number of hydrogen-bond donors (Lipinski definition) is 0. The number of methoxy groups -OCH3 is 1. The zero-order valence-electron chi connectivity index (χ0n) is 6.76. The predicted octanol–water partition coefficient (Wildman–Crippen LogP) is 2.09. The topological polar surface area (TPSA) is 22.1 Å². The van der Waals surface area contributed by atoms with Crippen molar-refractivity contribution in [3.05, 3.63) is 16.1 Å². The summed E-state index contributed by atoms with van der Waals surface area (Å²) in [5.74, 6) is 0. The Labute approximate surface area is 70.2 Å². The molecule has 1 aliphatic carbocycles. The van der Waals surface area contributed by atoms with E-state index in [2.05, 4.69) is 10.4 Å². The van der Waals surface area contributed by atoms with Gasteiger partial charge in [-0.2, -0.15) is 0 Å². The highest BCUT2D eigenvalue weighted by atomic mass is 32.1. The van der Waals surface area contributed by atoms with Gasteiger partial charge in [-0.1, -0.05) is 0 Å². The van der Waals surface area contributed by atoms with E-state index < -0.39 is 0 Å². The lowest BCUT2D eigenvalue weighted by Gasteiger charge is -2.07. The normalized spacial score (nSPS) is 20.2. The summed E-state index contributed by atoms with van der Waals surface area (Å²) in [4.78, 5) is 4.41. The molecule has 1 aromatic rings. The van der Waals surface area contributed by atoms with Gasteiger partial charge in [-0.05, 0) is 19.8 Å². The van der Waals surface area contributed by atoms with E-state index in [0.29, 0.717) is 0 Å². The molecule has 0 amide bonds. The Hall–Kier alpha value is -0.410. The van der Waals surface area contributed by atoms with Gasteiger partial charge in [0.25, 0.3) is 0 Å². The first-order valence-corrected chi connectivity index (χ1v) is 4.62. The monoisotopic (exact) mass is 169 g/mol. The molecule has 0 atom stereocenters. The molecule has 0 aromatic carbocycles. The zero-order valence-corrected chi connectivity index (χ0v) is 7.57. The summed E-state index contributed by atoms with van der Waals surface area (Å²) in [6.07, 6.45) is 2.27. The van der Waals surface area contributed by atoms with Crippen molar-refractivity contribution in [2.75, 3.05) is 7.11 Å². The highest BCUT2D eigenvalue weighted by Gasteiger charge is 2.47. The van der Waals surface area contributed by atoms with E-state index in [-0.39, 0.29) is 5.60 Å². The van der Waals surface area contributed by atoms with Crippen molar-refractivity contribution < 1.29 is 4.74 Å². The summed E-state index contributed by atoms with van der Waals surface area (Å²) in [6.45, 7) is 2.02. The van der Waals surface area contributed by atoms with Crippen molar-refractivity contribution >= 4 is 11.3 Å². The van der Waals surface area contributed by atoms with Crippen LogP contribution in [0.25, 0.3) is 0 Å². The van der Waals surface area contributed by atoms with Crippen LogP contribution in [0.1, 0.15) is 23.5 Å². The van der Waals surface area contributed by atoms with Crippen LogP contribution in [0, 0.1) is 6.92 Å². The van der Waals surface area contributed by atoms with Gasteiger partial charge in [0.05, 0.1) is 0 Å². The first-order chi connectivity index (χ1) is 5.27. The number of hydrogen-bond acceptors (Lipinski definition) is 3. The summed E-state index contributed by atoms with van der Waals surface area (Å²) in [5.41, 5.74) is 1.12. The Morgan fingerprint density at radius 1 is 1.64 bits per heavy atom. The molecule has 1 aromatic heterocycles. The van der Waals surface area contributed by atoms with Crippen molar-refractivity contribution in [1.82, 2.24) is 4.98 Å². The molecule has 3 heteroatoms. The fraction of sp³-hybridized carbons (Fsp3) is 0.625. The predicted molar refractivity (Wildman–Crippen MR) is 44.8 cm³/mol. The Bertz CT molecular complexity index is 265. The van der Waals surface area contributed by atoms with Gasteiger partial charge >= 0.3 is 0 Å². The third-order valence-electron chi connectivity index (χ3n) is 2.10. The minimum atomic E-state index is 0.0128. The minimum Gasteiger partial charge on any atom is -0.371 e. The van der Waals surface area contributed by atoms with Crippen molar-refractivity contribution in [2.24, 2.45) is 0 Å². The third-order valence-corrected chi connectivity index (χ3v) is 3.25. The van der Waals surface area contributed by atoms with Crippen LogP contribution >= 0.6 is 11.3 Å². The van der Waals surface area contributed by atoms with Crippen molar-refractivity contribution in [3.8, 4) is 0 Å². The second-order valence-corrected chi connectivity index (χ2v) is 3.85. The molecule has 0 spiro atoms. The fourth-order valence-electron chi connectivity index (χ4n) is 1.18. The number of aromatic nitrogens is 1. The van der Waals surface area contributed by atoms with Gasteiger partial charge in [0.2, 0.25) is 0 Å². The quantitative estimate of drug-likeness (QED) is 0.676. The molecule has 0 radical (unpaired) electrons. The Balaban J connectivity index is 2.29. The van der Waals surface area contributed by atoms with Crippen LogP contribution in [-0.2, 0) is 10.3 Å². The van der Waals surface area contributed by atoms with Gasteiger partial charge in [-0.3, -0.25) is 0 Å². The maximum Gasteiger partial charge on any atom is 0.125 e. The smallest absolute Gasteiger partial charge is 0.125 e. The Kier molecular flexibility index (Phi) is 1.51. The number of aryl methyl sites for hydroxylation is 1. The summed E-state index contributed by atoms with van der Waals surface area (Å²) in [5, 5.41) is 3.23. The van der Waals surface area contributed by atoms with Gasteiger partial charge in [-0.25, -0.2) is 4.98 Å². The lowest BCUT2D eigenvalue weighted by molar-refractivity contribution is 0.0786. The molecule has 0 saturated heterocycles. The van der Waals surface area contributed by atoms with E-state index in [4.69, 9.17) is 4.74 Å². The van der Waals surface area contributed by atoms with Crippen LogP contribution in [0.2, 0.25) is 0 Å². The van der Waals surface area contributed by atoms with Gasteiger partial charge in [0, 0.05) is 18.2 Å².